The quantitative estimate of drug-likeness (QED) is 0.690. The van der Waals surface area contributed by atoms with Gasteiger partial charge in [-0.2, -0.15) is 0 Å². The molecule has 0 aliphatic heterocycles. The Labute approximate surface area is 162 Å². The summed E-state index contributed by atoms with van der Waals surface area (Å²) in [5.74, 6) is 0.161. The lowest BCUT2D eigenvalue weighted by molar-refractivity contribution is -0.117. The molecule has 3 nitrogen and oxygen atoms in total. The van der Waals surface area contributed by atoms with Crippen LogP contribution in [0.4, 0.5) is 4.39 Å². The van der Waals surface area contributed by atoms with Crippen molar-refractivity contribution in [2.45, 2.75) is 32.6 Å². The van der Waals surface area contributed by atoms with Crippen molar-refractivity contribution in [1.82, 2.24) is 0 Å². The molecule has 0 spiro atoms. The first-order valence-electron chi connectivity index (χ1n) is 9.21. The molecule has 0 heterocycles. The van der Waals surface area contributed by atoms with E-state index >= 15 is 0 Å². The molecule has 0 saturated heterocycles. The fraction of sp³-hybridized carbons (Fsp3) is 0.318. The topological polar surface area (TPSA) is 46.5 Å². The first-order valence-corrected chi connectivity index (χ1v) is 9.59. The van der Waals surface area contributed by atoms with Gasteiger partial charge in [-0.25, -0.2) is 4.39 Å². The van der Waals surface area contributed by atoms with E-state index < -0.39 is 5.82 Å². The summed E-state index contributed by atoms with van der Waals surface area (Å²) in [7, 11) is 0. The minimum Gasteiger partial charge on any atom is -0.511 e. The predicted octanol–water partition coefficient (Wildman–Crippen LogP) is 6.10. The third-order valence-electron chi connectivity index (χ3n) is 5.55. The average Bonchev–Trinajstić information content (AvgIpc) is 3.10. The molecule has 1 N–H and O–H groups in total. The highest BCUT2D eigenvalue weighted by Gasteiger charge is 2.41. The lowest BCUT2D eigenvalue weighted by Crippen LogP contribution is -2.21. The summed E-state index contributed by atoms with van der Waals surface area (Å²) < 4.78 is 19.7. The lowest BCUT2D eigenvalue weighted by atomic mass is 9.81. The Hall–Kier alpha value is -2.33. The van der Waals surface area contributed by atoms with Gasteiger partial charge in [-0.15, -0.1) is 0 Å². The Kier molecular flexibility index (Phi) is 4.68. The molecule has 4 rings (SSSR count). The molecule has 2 aromatic rings. The second kappa shape index (κ2) is 7.01. The third-order valence-corrected chi connectivity index (χ3v) is 5.78. The van der Waals surface area contributed by atoms with E-state index in [1.54, 1.807) is 18.2 Å². The maximum atomic E-state index is 14.1. The van der Waals surface area contributed by atoms with Gasteiger partial charge in [0.05, 0.1) is 5.57 Å². The maximum Gasteiger partial charge on any atom is 0.169 e. The molecule has 2 atom stereocenters. The number of allylic oxidation sites excluding steroid dienone is 2. The van der Waals surface area contributed by atoms with E-state index in [1.165, 1.54) is 12.1 Å². The Bertz CT molecular complexity index is 951. The van der Waals surface area contributed by atoms with Crippen molar-refractivity contribution in [2.75, 3.05) is 0 Å². The Morgan fingerprint density at radius 3 is 2.70 bits per heavy atom. The molecule has 0 radical (unpaired) electrons. The van der Waals surface area contributed by atoms with Crippen LogP contribution in [0, 0.1) is 17.7 Å². The highest BCUT2D eigenvalue weighted by molar-refractivity contribution is 6.30. The molecule has 2 aromatic carbocycles. The second-order valence-corrected chi connectivity index (χ2v) is 7.62. The van der Waals surface area contributed by atoms with Crippen LogP contribution in [0.1, 0.15) is 37.3 Å². The summed E-state index contributed by atoms with van der Waals surface area (Å²) in [6, 6.07) is 9.54. The number of fused-ring (bicyclic) bond motifs is 2. The van der Waals surface area contributed by atoms with E-state index in [0.29, 0.717) is 28.3 Å². The number of benzene rings is 2. The van der Waals surface area contributed by atoms with Crippen molar-refractivity contribution in [3.05, 3.63) is 64.1 Å². The van der Waals surface area contributed by atoms with Crippen LogP contribution in [0.3, 0.4) is 0 Å². The Balaban J connectivity index is 1.76. The summed E-state index contributed by atoms with van der Waals surface area (Å²) >= 11 is 5.78. The van der Waals surface area contributed by atoms with Gasteiger partial charge in [0.15, 0.2) is 17.3 Å². The third kappa shape index (κ3) is 3.23. The number of hydrogen-bond acceptors (Lipinski definition) is 3. The van der Waals surface area contributed by atoms with Gasteiger partial charge in [0.25, 0.3) is 0 Å². The van der Waals surface area contributed by atoms with Gasteiger partial charge in [0.2, 0.25) is 0 Å². The fourth-order valence-corrected chi connectivity index (χ4v) is 4.28. The highest BCUT2D eigenvalue weighted by atomic mass is 35.5. The number of aliphatic hydroxyl groups is 1. The van der Waals surface area contributed by atoms with Crippen LogP contribution in [0.25, 0.3) is 5.57 Å². The van der Waals surface area contributed by atoms with Crippen molar-refractivity contribution in [2.24, 2.45) is 11.8 Å². The predicted molar refractivity (Wildman–Crippen MR) is 103 cm³/mol. The Morgan fingerprint density at radius 2 is 1.96 bits per heavy atom. The largest absolute Gasteiger partial charge is 0.511 e. The van der Waals surface area contributed by atoms with Crippen LogP contribution >= 0.6 is 11.6 Å². The molecular formula is C22H20ClFO3. The molecule has 2 aliphatic carbocycles. The van der Waals surface area contributed by atoms with Gasteiger partial charge < -0.3 is 9.84 Å². The zero-order valence-electron chi connectivity index (χ0n) is 15.0. The van der Waals surface area contributed by atoms with Crippen LogP contribution < -0.4 is 4.74 Å². The molecule has 2 bridgehead atoms. The minimum absolute atomic E-state index is 0.00535. The van der Waals surface area contributed by atoms with Crippen LogP contribution in [-0.4, -0.2) is 10.9 Å². The van der Waals surface area contributed by atoms with Gasteiger partial charge in [-0.1, -0.05) is 24.6 Å². The van der Waals surface area contributed by atoms with Crippen LogP contribution in [0.5, 0.6) is 11.5 Å². The molecule has 2 aliphatic rings. The summed E-state index contributed by atoms with van der Waals surface area (Å²) in [6.45, 7) is 2.00. The molecule has 1 saturated carbocycles. The van der Waals surface area contributed by atoms with Crippen molar-refractivity contribution in [3.8, 4) is 11.5 Å². The summed E-state index contributed by atoms with van der Waals surface area (Å²) in [6.07, 6.45) is 3.12. The smallest absolute Gasteiger partial charge is 0.169 e. The second-order valence-electron chi connectivity index (χ2n) is 7.18. The number of aliphatic hydroxyl groups excluding tert-OH is 1. The Morgan fingerprint density at radius 1 is 1.19 bits per heavy atom. The van der Waals surface area contributed by atoms with Crippen molar-refractivity contribution < 1.29 is 19.0 Å². The van der Waals surface area contributed by atoms with Gasteiger partial charge in [0.1, 0.15) is 11.5 Å². The zero-order valence-corrected chi connectivity index (χ0v) is 15.7. The lowest BCUT2D eigenvalue weighted by Gasteiger charge is -2.23. The fourth-order valence-electron chi connectivity index (χ4n) is 4.12. The first-order chi connectivity index (χ1) is 13.0. The summed E-state index contributed by atoms with van der Waals surface area (Å²) in [5.41, 5.74) is 2.05. The SMILES string of the molecule is CCc1ccc(Oc2ccc(Cl)cc2F)cc1C1=C(O)[C@H]2CC[C@H](C2)C1=O. The monoisotopic (exact) mass is 386 g/mol. The van der Waals surface area contributed by atoms with E-state index in [9.17, 15) is 14.3 Å². The number of carbonyl (C=O) groups excluding carboxylic acids is 1. The summed E-state index contributed by atoms with van der Waals surface area (Å²) in [5, 5.41) is 11.0. The van der Waals surface area contributed by atoms with Crippen LogP contribution in [0.15, 0.2) is 42.2 Å². The minimum atomic E-state index is -0.558. The summed E-state index contributed by atoms with van der Waals surface area (Å²) in [4.78, 5) is 12.9. The molecule has 0 unspecified atom stereocenters. The molecular weight excluding hydrogens is 367 g/mol. The van der Waals surface area contributed by atoms with E-state index in [1.807, 2.05) is 13.0 Å². The molecule has 0 aromatic heterocycles. The van der Waals surface area contributed by atoms with Gasteiger partial charge in [0, 0.05) is 16.9 Å². The number of rotatable bonds is 4. The molecule has 140 valence electrons. The number of hydrogen-bond donors (Lipinski definition) is 1. The van der Waals surface area contributed by atoms with E-state index in [0.717, 1.165) is 24.8 Å². The van der Waals surface area contributed by atoms with Gasteiger partial charge in [-0.3, -0.25) is 4.79 Å². The number of carbonyl (C=O) groups is 1. The molecule has 0 amide bonds. The van der Waals surface area contributed by atoms with E-state index in [2.05, 4.69) is 0 Å². The average molecular weight is 387 g/mol. The number of ether oxygens (including phenoxy) is 1. The van der Waals surface area contributed by atoms with Crippen molar-refractivity contribution in [1.29, 1.82) is 0 Å². The van der Waals surface area contributed by atoms with Crippen molar-refractivity contribution >= 4 is 23.0 Å². The van der Waals surface area contributed by atoms with Crippen LogP contribution in [-0.2, 0) is 11.2 Å². The number of ketones is 1. The highest BCUT2D eigenvalue weighted by Crippen LogP contribution is 2.46. The van der Waals surface area contributed by atoms with Crippen molar-refractivity contribution in [3.63, 3.8) is 0 Å². The van der Waals surface area contributed by atoms with E-state index in [4.69, 9.17) is 16.3 Å². The molecule has 5 heteroatoms. The molecule has 27 heavy (non-hydrogen) atoms. The van der Waals surface area contributed by atoms with Crippen LogP contribution in [0.2, 0.25) is 5.02 Å². The zero-order chi connectivity index (χ0) is 19.1. The number of Topliss-reactive ketones (excluding diaryl/α,β-unsaturated/α-hetero) is 1. The van der Waals surface area contributed by atoms with E-state index in [-0.39, 0.29) is 29.1 Å². The van der Waals surface area contributed by atoms with Gasteiger partial charge in [-0.05, 0) is 67.1 Å². The van der Waals surface area contributed by atoms with Gasteiger partial charge >= 0.3 is 0 Å². The number of halogens is 2. The standard InChI is InChI=1S/C22H20ClFO3/c1-2-12-5-7-16(27-19-8-6-15(23)10-18(19)24)11-17(12)20-21(25)13-3-4-14(9-13)22(20)26/h5-8,10-11,13-14,25H,2-4,9H2,1H3/t13-,14+/m0/s1. The first kappa shape index (κ1) is 18.1. The maximum absolute atomic E-state index is 14.1. The number of aryl methyl sites for hydroxylation is 1. The molecule has 1 fully saturated rings. The normalized spacial score (nSPS) is 21.7.